The van der Waals surface area contributed by atoms with Crippen LogP contribution in [0, 0.1) is 5.82 Å². The van der Waals surface area contributed by atoms with Crippen molar-refractivity contribution in [2.75, 3.05) is 0 Å². The predicted molar refractivity (Wildman–Crippen MR) is 89.7 cm³/mol. The van der Waals surface area contributed by atoms with Gasteiger partial charge in [0, 0.05) is 17.5 Å². The molecule has 1 aromatic carbocycles. The van der Waals surface area contributed by atoms with Crippen molar-refractivity contribution >= 4 is 27.6 Å². The van der Waals surface area contributed by atoms with Gasteiger partial charge in [0.2, 0.25) is 0 Å². The van der Waals surface area contributed by atoms with Gasteiger partial charge in [-0.2, -0.15) is 0 Å². The fourth-order valence-electron chi connectivity index (χ4n) is 2.54. The van der Waals surface area contributed by atoms with E-state index in [0.29, 0.717) is 6.54 Å². The molecule has 0 aliphatic rings. The lowest BCUT2D eigenvalue weighted by Crippen LogP contribution is -2.03. The Bertz CT molecular complexity index is 921. The van der Waals surface area contributed by atoms with E-state index in [1.54, 1.807) is 34.8 Å². The minimum absolute atomic E-state index is 0.252. The van der Waals surface area contributed by atoms with Gasteiger partial charge in [-0.05, 0) is 35.7 Å². The van der Waals surface area contributed by atoms with Crippen LogP contribution in [0.4, 0.5) is 4.39 Å². The molecule has 4 rings (SSSR count). The molecule has 110 valence electrons. The zero-order valence-electron chi connectivity index (χ0n) is 11.5. The summed E-state index contributed by atoms with van der Waals surface area (Å²) >= 11 is 3.28. The zero-order valence-corrected chi connectivity index (χ0v) is 13.1. The molecular weight excluding hydrogens is 317 g/mol. The Morgan fingerprint density at radius 2 is 1.95 bits per heavy atom. The van der Waals surface area contributed by atoms with Gasteiger partial charge in [-0.15, -0.1) is 22.7 Å². The number of benzene rings is 1. The molecule has 6 heteroatoms. The lowest BCUT2D eigenvalue weighted by atomic mass is 10.1. The monoisotopic (exact) mass is 329 g/mol. The van der Waals surface area contributed by atoms with E-state index in [2.05, 4.69) is 21.2 Å². The highest BCUT2D eigenvalue weighted by Gasteiger charge is 2.18. The highest BCUT2D eigenvalue weighted by molar-refractivity contribution is 7.17. The van der Waals surface area contributed by atoms with Crippen LogP contribution >= 0.6 is 22.7 Å². The van der Waals surface area contributed by atoms with E-state index >= 15 is 0 Å². The summed E-state index contributed by atoms with van der Waals surface area (Å²) in [6.07, 6.45) is 0. The summed E-state index contributed by atoms with van der Waals surface area (Å²) in [5.41, 5.74) is 9.75. The summed E-state index contributed by atoms with van der Waals surface area (Å²) in [6, 6.07) is 10.5. The highest BCUT2D eigenvalue weighted by Crippen LogP contribution is 2.34. The summed E-state index contributed by atoms with van der Waals surface area (Å²) in [5.74, 6) is -0.252. The van der Waals surface area contributed by atoms with Gasteiger partial charge in [0.15, 0.2) is 4.96 Å². The Balaban J connectivity index is 1.96. The summed E-state index contributed by atoms with van der Waals surface area (Å²) < 4.78 is 15.2. The SMILES string of the molecule is NCc1c(-c2ccc(F)cc2)nc2scc(-c3cccs3)n12. The molecule has 0 saturated carbocycles. The second-order valence-electron chi connectivity index (χ2n) is 4.83. The molecule has 2 N–H and O–H groups in total. The molecule has 0 unspecified atom stereocenters. The van der Waals surface area contributed by atoms with Gasteiger partial charge in [-0.3, -0.25) is 4.40 Å². The van der Waals surface area contributed by atoms with Crippen LogP contribution in [-0.4, -0.2) is 9.38 Å². The van der Waals surface area contributed by atoms with Gasteiger partial charge in [0.05, 0.1) is 22.0 Å². The molecule has 3 heterocycles. The zero-order chi connectivity index (χ0) is 15.1. The average Bonchev–Trinajstić information content (AvgIpc) is 3.23. The minimum Gasteiger partial charge on any atom is -0.325 e. The maximum Gasteiger partial charge on any atom is 0.195 e. The van der Waals surface area contributed by atoms with Crippen molar-refractivity contribution < 1.29 is 4.39 Å². The molecule has 22 heavy (non-hydrogen) atoms. The van der Waals surface area contributed by atoms with Crippen molar-refractivity contribution in [2.45, 2.75) is 6.54 Å². The average molecular weight is 329 g/mol. The molecule has 0 radical (unpaired) electrons. The quantitative estimate of drug-likeness (QED) is 0.606. The Hall–Kier alpha value is -2.02. The van der Waals surface area contributed by atoms with Crippen molar-refractivity contribution in [3.05, 3.63) is 58.7 Å². The standard InChI is InChI=1S/C16H12FN3S2/c17-11-5-3-10(4-6-11)15-12(8-18)20-13(9-22-16(20)19-15)14-2-1-7-21-14/h1-7,9H,8,18H2. The minimum atomic E-state index is -0.252. The number of hydrogen-bond acceptors (Lipinski definition) is 4. The summed E-state index contributed by atoms with van der Waals surface area (Å²) in [7, 11) is 0. The second-order valence-corrected chi connectivity index (χ2v) is 6.62. The summed E-state index contributed by atoms with van der Waals surface area (Å²) in [5, 5.41) is 4.15. The smallest absolute Gasteiger partial charge is 0.195 e. The Morgan fingerprint density at radius 3 is 2.64 bits per heavy atom. The molecule has 0 aliphatic heterocycles. The van der Waals surface area contributed by atoms with E-state index in [0.717, 1.165) is 27.6 Å². The van der Waals surface area contributed by atoms with Crippen LogP contribution < -0.4 is 5.73 Å². The number of fused-ring (bicyclic) bond motifs is 1. The normalized spacial score (nSPS) is 11.4. The first-order chi connectivity index (χ1) is 10.8. The predicted octanol–water partition coefficient (Wildman–Crippen LogP) is 4.39. The van der Waals surface area contributed by atoms with Crippen molar-refractivity contribution in [2.24, 2.45) is 5.73 Å². The maximum absolute atomic E-state index is 13.1. The molecule has 0 amide bonds. The van der Waals surface area contributed by atoms with E-state index < -0.39 is 0 Å². The molecule has 0 fully saturated rings. The van der Waals surface area contributed by atoms with Crippen molar-refractivity contribution in [3.8, 4) is 21.8 Å². The van der Waals surface area contributed by atoms with Gasteiger partial charge in [0.25, 0.3) is 0 Å². The van der Waals surface area contributed by atoms with Crippen molar-refractivity contribution in [1.29, 1.82) is 0 Å². The number of thiophene rings is 1. The van der Waals surface area contributed by atoms with E-state index in [9.17, 15) is 4.39 Å². The summed E-state index contributed by atoms with van der Waals surface area (Å²) in [4.78, 5) is 6.79. The third-order valence-corrected chi connectivity index (χ3v) is 5.26. The van der Waals surface area contributed by atoms with E-state index in [4.69, 9.17) is 10.7 Å². The number of halogens is 1. The van der Waals surface area contributed by atoms with Gasteiger partial charge in [-0.25, -0.2) is 9.37 Å². The number of imidazole rings is 1. The first kappa shape index (κ1) is 13.6. The van der Waals surface area contributed by atoms with Gasteiger partial charge in [0.1, 0.15) is 5.82 Å². The molecule has 0 aliphatic carbocycles. The largest absolute Gasteiger partial charge is 0.325 e. The Labute approximate surface area is 134 Å². The molecule has 3 aromatic heterocycles. The molecule has 0 atom stereocenters. The van der Waals surface area contributed by atoms with Crippen LogP contribution in [0.5, 0.6) is 0 Å². The van der Waals surface area contributed by atoms with E-state index in [1.807, 2.05) is 6.07 Å². The number of nitrogens with zero attached hydrogens (tertiary/aromatic N) is 2. The Morgan fingerprint density at radius 1 is 1.14 bits per heavy atom. The molecule has 3 nitrogen and oxygen atoms in total. The number of nitrogens with two attached hydrogens (primary N) is 1. The first-order valence-electron chi connectivity index (χ1n) is 6.76. The van der Waals surface area contributed by atoms with Crippen LogP contribution in [0.15, 0.2) is 47.2 Å². The molecule has 0 saturated heterocycles. The number of rotatable bonds is 3. The van der Waals surface area contributed by atoms with Crippen molar-refractivity contribution in [3.63, 3.8) is 0 Å². The topological polar surface area (TPSA) is 43.3 Å². The first-order valence-corrected chi connectivity index (χ1v) is 8.52. The van der Waals surface area contributed by atoms with Crippen LogP contribution in [0.3, 0.4) is 0 Å². The highest BCUT2D eigenvalue weighted by atomic mass is 32.1. The fourth-order valence-corrected chi connectivity index (χ4v) is 4.25. The van der Waals surface area contributed by atoms with Gasteiger partial charge >= 0.3 is 0 Å². The second kappa shape index (κ2) is 5.31. The summed E-state index contributed by atoms with van der Waals surface area (Å²) in [6.45, 7) is 0.378. The lowest BCUT2D eigenvalue weighted by Gasteiger charge is -2.04. The molecule has 0 bridgehead atoms. The van der Waals surface area contributed by atoms with Crippen LogP contribution in [-0.2, 0) is 6.54 Å². The molecule has 4 aromatic rings. The molecular formula is C16H12FN3S2. The van der Waals surface area contributed by atoms with E-state index in [-0.39, 0.29) is 5.82 Å². The van der Waals surface area contributed by atoms with E-state index in [1.165, 1.54) is 17.0 Å². The number of hydrogen-bond donors (Lipinski definition) is 1. The van der Waals surface area contributed by atoms with Gasteiger partial charge in [-0.1, -0.05) is 6.07 Å². The molecule has 0 spiro atoms. The third kappa shape index (κ3) is 2.08. The van der Waals surface area contributed by atoms with Crippen LogP contribution in [0.1, 0.15) is 5.69 Å². The van der Waals surface area contributed by atoms with Gasteiger partial charge < -0.3 is 5.73 Å². The Kier molecular flexibility index (Phi) is 3.29. The maximum atomic E-state index is 13.1. The third-order valence-electron chi connectivity index (χ3n) is 3.54. The number of aromatic nitrogens is 2. The van der Waals surface area contributed by atoms with Crippen LogP contribution in [0.2, 0.25) is 0 Å². The van der Waals surface area contributed by atoms with Crippen molar-refractivity contribution in [1.82, 2.24) is 9.38 Å². The fraction of sp³-hybridized carbons (Fsp3) is 0.0625. The lowest BCUT2D eigenvalue weighted by molar-refractivity contribution is 0.628. The van der Waals surface area contributed by atoms with Crippen LogP contribution in [0.25, 0.3) is 26.8 Å². The number of thiazole rings is 1.